The number of piperazine rings is 1. The van der Waals surface area contributed by atoms with Crippen molar-refractivity contribution in [3.63, 3.8) is 0 Å². The number of ether oxygens (including phenoxy) is 1. The Bertz CT molecular complexity index is 474. The third-order valence-corrected chi connectivity index (χ3v) is 3.60. The Balaban J connectivity index is 2.27. The lowest BCUT2D eigenvalue weighted by Gasteiger charge is -2.35. The number of methoxy groups -OCH3 is 1. The van der Waals surface area contributed by atoms with Crippen molar-refractivity contribution in [1.29, 1.82) is 0 Å². The zero-order valence-electron chi connectivity index (χ0n) is 11.8. The molecule has 1 atom stereocenters. The molecule has 0 unspecified atom stereocenters. The second kappa shape index (κ2) is 6.53. The molecule has 1 aromatic carbocycles. The van der Waals surface area contributed by atoms with Gasteiger partial charge in [-0.15, -0.1) is 0 Å². The van der Waals surface area contributed by atoms with E-state index in [-0.39, 0.29) is 11.5 Å². The molecule has 2 N–H and O–H groups in total. The Hall–Kier alpha value is -1.47. The molecule has 1 saturated heterocycles. The van der Waals surface area contributed by atoms with E-state index < -0.39 is 18.6 Å². The average Bonchev–Trinajstić information content (AvgIpc) is 2.45. The van der Waals surface area contributed by atoms with Crippen LogP contribution in [0.4, 0.5) is 13.2 Å². The minimum atomic E-state index is -4.26. The molecule has 0 radical (unpaired) electrons. The van der Waals surface area contributed by atoms with Crippen LogP contribution in [0.15, 0.2) is 18.2 Å². The lowest BCUT2D eigenvalue weighted by atomic mass is 10.00. The number of hydrogen-bond donors (Lipinski definition) is 2. The van der Waals surface area contributed by atoms with Crippen molar-refractivity contribution in [3.05, 3.63) is 23.8 Å². The van der Waals surface area contributed by atoms with E-state index in [0.717, 1.165) is 0 Å². The first kappa shape index (κ1) is 15.9. The third kappa shape index (κ3) is 4.25. The summed E-state index contributed by atoms with van der Waals surface area (Å²) >= 11 is 0. The molecule has 1 aliphatic rings. The number of benzene rings is 1. The summed E-state index contributed by atoms with van der Waals surface area (Å²) in [5.41, 5.74) is 0.451. The molecular formula is C14H19F3N2O2. The van der Waals surface area contributed by atoms with Crippen molar-refractivity contribution in [1.82, 2.24) is 10.2 Å². The first-order valence-electron chi connectivity index (χ1n) is 6.79. The van der Waals surface area contributed by atoms with E-state index >= 15 is 0 Å². The molecule has 1 aromatic rings. The molecule has 7 heteroatoms. The first-order chi connectivity index (χ1) is 9.90. The fourth-order valence-corrected chi connectivity index (χ4v) is 2.59. The van der Waals surface area contributed by atoms with Crippen molar-refractivity contribution < 1.29 is 23.0 Å². The van der Waals surface area contributed by atoms with Gasteiger partial charge in [-0.25, -0.2) is 0 Å². The van der Waals surface area contributed by atoms with Gasteiger partial charge in [0.15, 0.2) is 11.5 Å². The number of rotatable bonds is 4. The number of alkyl halides is 3. The fraction of sp³-hybridized carbons (Fsp3) is 0.571. The molecule has 0 aliphatic carbocycles. The predicted octanol–water partition coefficient (Wildman–Crippen LogP) is 2.30. The maximum absolute atomic E-state index is 12.9. The molecule has 118 valence electrons. The fourth-order valence-electron chi connectivity index (χ4n) is 2.59. The topological polar surface area (TPSA) is 44.7 Å². The van der Waals surface area contributed by atoms with Gasteiger partial charge in [0.05, 0.1) is 13.5 Å². The SMILES string of the molecule is COc1ccc([C@@H](CC(F)(F)F)N2CCNCC2)cc1O. The quantitative estimate of drug-likeness (QED) is 0.896. The summed E-state index contributed by atoms with van der Waals surface area (Å²) in [6, 6.07) is 3.65. The van der Waals surface area contributed by atoms with Crippen molar-refractivity contribution in [2.45, 2.75) is 18.6 Å². The largest absolute Gasteiger partial charge is 0.504 e. The highest BCUT2D eigenvalue weighted by molar-refractivity contribution is 5.42. The van der Waals surface area contributed by atoms with Gasteiger partial charge in [0.2, 0.25) is 0 Å². The molecule has 4 nitrogen and oxygen atoms in total. The van der Waals surface area contributed by atoms with Gasteiger partial charge in [-0.3, -0.25) is 4.90 Å². The molecule has 0 spiro atoms. The summed E-state index contributed by atoms with van der Waals surface area (Å²) in [6.07, 6.45) is -5.19. The maximum atomic E-state index is 12.9. The number of halogens is 3. The number of phenols is 1. The number of nitrogens with one attached hydrogen (secondary N) is 1. The normalized spacial score (nSPS) is 18.5. The summed E-state index contributed by atoms with van der Waals surface area (Å²) in [7, 11) is 1.40. The van der Waals surface area contributed by atoms with Crippen molar-refractivity contribution in [2.24, 2.45) is 0 Å². The van der Waals surface area contributed by atoms with Crippen molar-refractivity contribution in [3.8, 4) is 11.5 Å². The van der Waals surface area contributed by atoms with Crippen LogP contribution in [-0.4, -0.2) is 49.5 Å². The van der Waals surface area contributed by atoms with Gasteiger partial charge in [-0.05, 0) is 17.7 Å². The van der Waals surface area contributed by atoms with Gasteiger partial charge in [-0.1, -0.05) is 6.07 Å². The van der Waals surface area contributed by atoms with Gasteiger partial charge < -0.3 is 15.2 Å². The Labute approximate surface area is 121 Å². The van der Waals surface area contributed by atoms with Gasteiger partial charge >= 0.3 is 6.18 Å². The standard InChI is InChI=1S/C14H19F3N2O2/c1-21-13-3-2-10(8-12(13)20)11(9-14(15,16)17)19-6-4-18-5-7-19/h2-3,8,11,18,20H,4-7,9H2,1H3/t11-/m1/s1. The molecule has 1 aliphatic heterocycles. The second-order valence-electron chi connectivity index (χ2n) is 5.05. The monoisotopic (exact) mass is 304 g/mol. The van der Waals surface area contributed by atoms with Crippen LogP contribution in [0, 0.1) is 0 Å². The Morgan fingerprint density at radius 1 is 1.33 bits per heavy atom. The Kier molecular flexibility index (Phi) is 4.95. The van der Waals surface area contributed by atoms with E-state index in [4.69, 9.17) is 4.74 Å². The molecule has 0 amide bonds. The lowest BCUT2D eigenvalue weighted by molar-refractivity contribution is -0.148. The van der Waals surface area contributed by atoms with E-state index in [2.05, 4.69) is 5.32 Å². The van der Waals surface area contributed by atoms with Crippen LogP contribution in [0.2, 0.25) is 0 Å². The minimum absolute atomic E-state index is 0.141. The molecule has 0 bridgehead atoms. The van der Waals surface area contributed by atoms with Crippen LogP contribution < -0.4 is 10.1 Å². The molecule has 1 fully saturated rings. The second-order valence-corrected chi connectivity index (χ2v) is 5.05. The van der Waals surface area contributed by atoms with Crippen molar-refractivity contribution in [2.75, 3.05) is 33.3 Å². The Morgan fingerprint density at radius 3 is 2.52 bits per heavy atom. The van der Waals surface area contributed by atoms with Gasteiger partial charge in [0.1, 0.15) is 0 Å². The number of hydrogen-bond acceptors (Lipinski definition) is 4. The van der Waals surface area contributed by atoms with Crippen molar-refractivity contribution >= 4 is 0 Å². The summed E-state index contributed by atoms with van der Waals surface area (Å²) in [5, 5.41) is 12.9. The zero-order chi connectivity index (χ0) is 15.5. The molecule has 1 heterocycles. The van der Waals surface area contributed by atoms with Crippen LogP contribution in [0.1, 0.15) is 18.0 Å². The van der Waals surface area contributed by atoms with E-state index in [9.17, 15) is 18.3 Å². The summed E-state index contributed by atoms with van der Waals surface area (Å²) in [6.45, 7) is 2.42. The number of nitrogens with zero attached hydrogens (tertiary/aromatic N) is 1. The number of phenolic OH excluding ortho intramolecular Hbond substituents is 1. The molecule has 2 rings (SSSR count). The van der Waals surface area contributed by atoms with Crippen LogP contribution in [0.5, 0.6) is 11.5 Å². The first-order valence-corrected chi connectivity index (χ1v) is 6.79. The third-order valence-electron chi connectivity index (χ3n) is 3.60. The predicted molar refractivity (Wildman–Crippen MR) is 72.5 cm³/mol. The molecule has 0 aromatic heterocycles. The number of aromatic hydroxyl groups is 1. The zero-order valence-corrected chi connectivity index (χ0v) is 11.8. The van der Waals surface area contributed by atoms with Crippen LogP contribution in [-0.2, 0) is 0 Å². The average molecular weight is 304 g/mol. The van der Waals surface area contributed by atoms with Gasteiger partial charge in [0.25, 0.3) is 0 Å². The van der Waals surface area contributed by atoms with Crippen LogP contribution in [0.3, 0.4) is 0 Å². The highest BCUT2D eigenvalue weighted by Gasteiger charge is 2.36. The molecular weight excluding hydrogens is 285 g/mol. The maximum Gasteiger partial charge on any atom is 0.390 e. The van der Waals surface area contributed by atoms with Gasteiger partial charge in [-0.2, -0.15) is 13.2 Å². The van der Waals surface area contributed by atoms with Gasteiger partial charge in [0, 0.05) is 32.2 Å². The lowest BCUT2D eigenvalue weighted by Crippen LogP contribution is -2.46. The minimum Gasteiger partial charge on any atom is -0.504 e. The summed E-state index contributed by atoms with van der Waals surface area (Å²) in [4.78, 5) is 1.80. The molecule has 21 heavy (non-hydrogen) atoms. The van der Waals surface area contributed by atoms with E-state index in [1.54, 1.807) is 11.0 Å². The smallest absolute Gasteiger partial charge is 0.390 e. The Morgan fingerprint density at radius 2 is 2.00 bits per heavy atom. The summed E-state index contributed by atoms with van der Waals surface area (Å²) < 4.78 is 43.5. The highest BCUT2D eigenvalue weighted by atomic mass is 19.4. The van der Waals surface area contributed by atoms with Crippen LogP contribution in [0.25, 0.3) is 0 Å². The summed E-state index contributed by atoms with van der Waals surface area (Å²) in [5.74, 6) is 0.113. The molecule has 0 saturated carbocycles. The van der Waals surface area contributed by atoms with E-state index in [1.807, 2.05) is 0 Å². The highest BCUT2D eigenvalue weighted by Crippen LogP contribution is 2.37. The van der Waals surface area contributed by atoms with E-state index in [0.29, 0.717) is 31.7 Å². The van der Waals surface area contributed by atoms with E-state index in [1.165, 1.54) is 19.2 Å². The van der Waals surface area contributed by atoms with Crippen LogP contribution >= 0.6 is 0 Å².